The van der Waals surface area contributed by atoms with Crippen LogP contribution in [-0.2, 0) is 9.59 Å². The number of rotatable bonds is 8. The Bertz CT molecular complexity index is 1360. The van der Waals surface area contributed by atoms with E-state index in [-0.39, 0.29) is 23.1 Å². The number of halogens is 1. The second-order valence-electron chi connectivity index (χ2n) is 7.87. The molecule has 34 heavy (non-hydrogen) atoms. The maximum atomic E-state index is 12.0. The van der Waals surface area contributed by atoms with E-state index in [1.165, 1.54) is 11.8 Å². The van der Waals surface area contributed by atoms with E-state index in [0.717, 1.165) is 29.1 Å². The highest BCUT2D eigenvalue weighted by Gasteiger charge is 2.29. The fourth-order valence-corrected chi connectivity index (χ4v) is 4.20. The van der Waals surface area contributed by atoms with Gasteiger partial charge < -0.3 is 16.0 Å². The van der Waals surface area contributed by atoms with Gasteiger partial charge in [0.2, 0.25) is 17.8 Å². The molecular formula is C22H21BrN8O2S. The van der Waals surface area contributed by atoms with Crippen LogP contribution in [0.5, 0.6) is 0 Å². The first-order chi connectivity index (χ1) is 16.5. The molecule has 10 nitrogen and oxygen atoms in total. The molecule has 3 heterocycles. The second-order valence-corrected chi connectivity index (χ2v) is 9.48. The average Bonchev–Trinajstić information content (AvgIpc) is 3.49. The third-order valence-electron chi connectivity index (χ3n) is 5.10. The number of aromatic amines is 1. The van der Waals surface area contributed by atoms with Crippen LogP contribution < -0.4 is 16.0 Å². The van der Waals surface area contributed by atoms with Gasteiger partial charge in [0.25, 0.3) is 0 Å². The lowest BCUT2D eigenvalue weighted by atomic mass is 10.3. The molecule has 5 rings (SSSR count). The zero-order valence-electron chi connectivity index (χ0n) is 18.1. The number of aryl methyl sites for hydroxylation is 1. The molecule has 1 fully saturated rings. The van der Waals surface area contributed by atoms with Crippen molar-refractivity contribution < 1.29 is 9.59 Å². The summed E-state index contributed by atoms with van der Waals surface area (Å²) >= 11 is 4.56. The van der Waals surface area contributed by atoms with Gasteiger partial charge in [0.1, 0.15) is 11.5 Å². The first-order valence-electron chi connectivity index (χ1n) is 10.6. The third-order valence-corrected chi connectivity index (χ3v) is 6.48. The van der Waals surface area contributed by atoms with E-state index >= 15 is 0 Å². The molecule has 1 aliphatic rings. The van der Waals surface area contributed by atoms with Crippen molar-refractivity contribution >= 4 is 68.4 Å². The first kappa shape index (κ1) is 22.4. The Balaban J connectivity index is 1.42. The van der Waals surface area contributed by atoms with Crippen molar-refractivity contribution in [1.82, 2.24) is 24.6 Å². The van der Waals surface area contributed by atoms with Crippen LogP contribution >= 0.6 is 27.7 Å². The van der Waals surface area contributed by atoms with Gasteiger partial charge in [-0.1, -0.05) is 15.9 Å². The van der Waals surface area contributed by atoms with Crippen molar-refractivity contribution in [2.45, 2.75) is 29.8 Å². The monoisotopic (exact) mass is 540 g/mol. The predicted molar refractivity (Wildman–Crippen MR) is 134 cm³/mol. The summed E-state index contributed by atoms with van der Waals surface area (Å²) in [6.07, 6.45) is 1.93. The smallest absolute Gasteiger partial charge is 0.236 e. The molecule has 0 radical (unpaired) electrons. The van der Waals surface area contributed by atoms with Gasteiger partial charge in [-0.2, -0.15) is 10.1 Å². The van der Waals surface area contributed by atoms with E-state index in [1.54, 1.807) is 10.5 Å². The Morgan fingerprint density at radius 3 is 2.62 bits per heavy atom. The van der Waals surface area contributed by atoms with Crippen molar-refractivity contribution in [3.63, 3.8) is 0 Å². The zero-order chi connectivity index (χ0) is 23.7. The van der Waals surface area contributed by atoms with Crippen LogP contribution in [0.3, 0.4) is 0 Å². The van der Waals surface area contributed by atoms with Gasteiger partial charge >= 0.3 is 0 Å². The summed E-state index contributed by atoms with van der Waals surface area (Å²) in [7, 11) is 0. The minimum absolute atomic E-state index is 0.0783. The lowest BCUT2D eigenvalue weighted by molar-refractivity contribution is -0.117. The Morgan fingerprint density at radius 2 is 1.94 bits per heavy atom. The molecule has 0 saturated heterocycles. The van der Waals surface area contributed by atoms with Gasteiger partial charge in [0.15, 0.2) is 11.0 Å². The number of H-pyrrole nitrogens is 1. The van der Waals surface area contributed by atoms with E-state index in [0.29, 0.717) is 28.4 Å². The SMILES string of the molecule is Cc1cc(Nc2nc(Sc3ccc(NC(=O)C4CC4)cc3)nc3ccc(NC(=O)CBr)n23)n[nH]1. The third kappa shape index (κ3) is 5.07. The number of carbonyl (C=O) groups is 2. The molecule has 0 spiro atoms. The first-order valence-corrected chi connectivity index (χ1v) is 12.6. The van der Waals surface area contributed by atoms with E-state index in [4.69, 9.17) is 0 Å². The molecule has 0 aliphatic heterocycles. The Labute approximate surface area is 207 Å². The molecular weight excluding hydrogens is 520 g/mol. The Kier molecular flexibility index (Phi) is 6.24. The van der Waals surface area contributed by atoms with E-state index in [2.05, 4.69) is 52.0 Å². The fraction of sp³-hybridized carbons (Fsp3) is 0.227. The normalized spacial score (nSPS) is 13.1. The zero-order valence-corrected chi connectivity index (χ0v) is 20.5. The summed E-state index contributed by atoms with van der Waals surface area (Å²) in [6, 6.07) is 13.0. The molecule has 1 aliphatic carbocycles. The van der Waals surface area contributed by atoms with Crippen LogP contribution in [0.4, 0.5) is 23.3 Å². The van der Waals surface area contributed by atoms with Crippen LogP contribution in [0.1, 0.15) is 18.5 Å². The molecule has 4 aromatic rings. The summed E-state index contributed by atoms with van der Waals surface area (Å²) in [5, 5.41) is 16.8. The molecule has 1 aromatic carbocycles. The Morgan fingerprint density at radius 1 is 1.15 bits per heavy atom. The number of nitrogens with one attached hydrogen (secondary N) is 4. The number of hydrogen-bond donors (Lipinski definition) is 4. The molecule has 0 unspecified atom stereocenters. The number of anilines is 4. The van der Waals surface area contributed by atoms with Crippen LogP contribution in [-0.4, -0.2) is 41.7 Å². The van der Waals surface area contributed by atoms with Crippen molar-refractivity contribution in [3.8, 4) is 0 Å². The van der Waals surface area contributed by atoms with Gasteiger partial charge in [0, 0.05) is 28.3 Å². The average molecular weight is 541 g/mol. The number of nitrogens with zero attached hydrogens (tertiary/aromatic N) is 4. The van der Waals surface area contributed by atoms with Crippen molar-refractivity contribution in [3.05, 3.63) is 48.2 Å². The lowest BCUT2D eigenvalue weighted by Crippen LogP contribution is -2.15. The number of alkyl halides is 1. The van der Waals surface area contributed by atoms with Gasteiger partial charge in [0.05, 0.1) is 5.33 Å². The highest BCUT2D eigenvalue weighted by atomic mass is 79.9. The molecule has 0 bridgehead atoms. The maximum absolute atomic E-state index is 12.0. The molecule has 4 N–H and O–H groups in total. The van der Waals surface area contributed by atoms with Gasteiger partial charge in [-0.3, -0.25) is 14.7 Å². The number of fused-ring (bicyclic) bond motifs is 1. The van der Waals surface area contributed by atoms with Crippen molar-refractivity contribution in [2.75, 3.05) is 21.3 Å². The number of carbonyl (C=O) groups excluding carboxylic acids is 2. The summed E-state index contributed by atoms with van der Waals surface area (Å²) < 4.78 is 1.73. The second kappa shape index (κ2) is 9.47. The Hall–Kier alpha value is -3.38. The summed E-state index contributed by atoms with van der Waals surface area (Å²) in [5.41, 5.74) is 2.29. The quantitative estimate of drug-likeness (QED) is 0.244. The van der Waals surface area contributed by atoms with Gasteiger partial charge in [-0.15, -0.1) is 0 Å². The lowest BCUT2D eigenvalue weighted by Gasteiger charge is -2.12. The molecule has 2 amide bonds. The molecule has 3 aromatic heterocycles. The summed E-state index contributed by atoms with van der Waals surface area (Å²) in [5.74, 6) is 1.65. The summed E-state index contributed by atoms with van der Waals surface area (Å²) in [6.45, 7) is 1.91. The van der Waals surface area contributed by atoms with Crippen LogP contribution in [0.2, 0.25) is 0 Å². The molecule has 12 heteroatoms. The number of benzene rings is 1. The fourth-order valence-electron chi connectivity index (χ4n) is 3.30. The largest absolute Gasteiger partial charge is 0.326 e. The highest BCUT2D eigenvalue weighted by Crippen LogP contribution is 2.32. The topological polar surface area (TPSA) is 129 Å². The van der Waals surface area contributed by atoms with Crippen molar-refractivity contribution in [1.29, 1.82) is 0 Å². The van der Waals surface area contributed by atoms with Gasteiger partial charge in [-0.05, 0) is 67.9 Å². The number of aromatic nitrogens is 5. The highest BCUT2D eigenvalue weighted by molar-refractivity contribution is 9.09. The van der Waals surface area contributed by atoms with Crippen LogP contribution in [0, 0.1) is 12.8 Å². The van der Waals surface area contributed by atoms with E-state index in [9.17, 15) is 9.59 Å². The minimum atomic E-state index is -0.186. The maximum Gasteiger partial charge on any atom is 0.236 e. The molecule has 174 valence electrons. The summed E-state index contributed by atoms with van der Waals surface area (Å²) in [4.78, 5) is 34.2. The van der Waals surface area contributed by atoms with E-state index in [1.807, 2.05) is 43.3 Å². The van der Waals surface area contributed by atoms with Crippen LogP contribution in [0.15, 0.2) is 52.5 Å². The molecule has 1 saturated carbocycles. The van der Waals surface area contributed by atoms with Gasteiger partial charge in [-0.25, -0.2) is 9.38 Å². The van der Waals surface area contributed by atoms with Crippen molar-refractivity contribution in [2.24, 2.45) is 5.92 Å². The standard InChI is InChI=1S/C22H21BrN8O2S/c1-12-10-16(30-29-12)25-21-28-22(27-18-9-8-17(31(18)21)26-19(32)11-23)34-15-6-4-14(5-7-15)24-20(33)13-2-3-13/h4-10,13H,2-3,11H2,1H3,(H,24,33)(H,26,32)(H2,25,27,28,29,30). The van der Waals surface area contributed by atoms with Crippen LogP contribution in [0.25, 0.3) is 5.65 Å². The molecule has 0 atom stereocenters. The van der Waals surface area contributed by atoms with E-state index < -0.39 is 0 Å². The predicted octanol–water partition coefficient (Wildman–Crippen LogP) is 4.34. The number of amides is 2. The number of hydrogen-bond acceptors (Lipinski definition) is 7. The minimum Gasteiger partial charge on any atom is -0.326 e.